The van der Waals surface area contributed by atoms with Crippen molar-refractivity contribution in [1.29, 1.82) is 0 Å². The summed E-state index contributed by atoms with van der Waals surface area (Å²) in [5.74, 6) is 0.868. The molecule has 0 aliphatic rings. The maximum Gasteiger partial charge on any atom is 0.265 e. The van der Waals surface area contributed by atoms with E-state index in [2.05, 4.69) is 15.2 Å². The Kier molecular flexibility index (Phi) is 5.19. The van der Waals surface area contributed by atoms with Crippen molar-refractivity contribution in [3.8, 4) is 5.75 Å². The summed E-state index contributed by atoms with van der Waals surface area (Å²) in [6, 6.07) is 9.03. The first kappa shape index (κ1) is 18.3. The number of hydrogen-bond donors (Lipinski definition) is 2. The van der Waals surface area contributed by atoms with Crippen LogP contribution in [0.5, 0.6) is 5.75 Å². The van der Waals surface area contributed by atoms with Crippen molar-refractivity contribution in [2.45, 2.75) is 25.3 Å². The highest BCUT2D eigenvalue weighted by molar-refractivity contribution is 7.92. The third kappa shape index (κ3) is 3.83. The van der Waals surface area contributed by atoms with Gasteiger partial charge in [-0.25, -0.2) is 13.1 Å². The van der Waals surface area contributed by atoms with E-state index in [1.165, 1.54) is 11.3 Å². The minimum atomic E-state index is -3.77. The molecule has 0 spiro atoms. The van der Waals surface area contributed by atoms with Crippen molar-refractivity contribution >= 4 is 32.9 Å². The van der Waals surface area contributed by atoms with Gasteiger partial charge in [-0.05, 0) is 37.4 Å². The molecule has 0 radical (unpaired) electrons. The van der Waals surface area contributed by atoms with Crippen LogP contribution < -0.4 is 14.8 Å². The summed E-state index contributed by atoms with van der Waals surface area (Å²) < 4.78 is 38.1. The Bertz CT molecular complexity index is 1010. The van der Waals surface area contributed by atoms with Crippen molar-refractivity contribution in [3.05, 3.63) is 51.8 Å². The minimum Gasteiger partial charge on any atom is -0.497 e. The molecule has 7 nitrogen and oxygen atoms in total. The van der Waals surface area contributed by atoms with E-state index in [0.29, 0.717) is 22.7 Å². The summed E-state index contributed by atoms with van der Waals surface area (Å²) in [5.41, 5.74) is 2.16. The van der Waals surface area contributed by atoms with Crippen LogP contribution in [-0.2, 0) is 16.6 Å². The lowest BCUT2D eigenvalue weighted by Crippen LogP contribution is -2.15. The van der Waals surface area contributed by atoms with Crippen molar-refractivity contribution < 1.29 is 17.7 Å². The maximum absolute atomic E-state index is 12.7. The number of thiophene rings is 1. The Morgan fingerprint density at radius 2 is 2.08 bits per heavy atom. The van der Waals surface area contributed by atoms with Gasteiger partial charge in [0.25, 0.3) is 10.0 Å². The molecule has 2 N–H and O–H groups in total. The van der Waals surface area contributed by atoms with Crippen molar-refractivity contribution in [3.63, 3.8) is 0 Å². The standard InChI is InChI=1S/C17H19N3O4S2/c1-11-12(2)19-24-17(11)20-26(21,22)16-7-8-25-15(16)10-18-13-5-4-6-14(9-13)23-3/h4-9,18,20H,10H2,1-3H3. The molecule has 0 aliphatic heterocycles. The Morgan fingerprint density at radius 3 is 2.77 bits per heavy atom. The molecule has 0 fully saturated rings. The van der Waals surface area contributed by atoms with Gasteiger partial charge >= 0.3 is 0 Å². The Balaban J connectivity index is 1.77. The summed E-state index contributed by atoms with van der Waals surface area (Å²) in [7, 11) is -2.17. The number of ether oxygens (including phenoxy) is 1. The Hall–Kier alpha value is -2.52. The Labute approximate surface area is 156 Å². The summed E-state index contributed by atoms with van der Waals surface area (Å²) in [5, 5.41) is 8.73. The van der Waals surface area contributed by atoms with Gasteiger partial charge in [0, 0.05) is 22.2 Å². The van der Waals surface area contributed by atoms with E-state index in [-0.39, 0.29) is 10.8 Å². The predicted octanol–water partition coefficient (Wildman–Crippen LogP) is 3.77. The summed E-state index contributed by atoms with van der Waals surface area (Å²) in [4.78, 5) is 0.903. The van der Waals surface area contributed by atoms with Gasteiger partial charge in [0.1, 0.15) is 10.6 Å². The zero-order valence-electron chi connectivity index (χ0n) is 14.6. The molecular weight excluding hydrogens is 374 g/mol. The number of sulfonamides is 1. The molecular formula is C17H19N3O4S2. The van der Waals surface area contributed by atoms with Gasteiger partial charge in [0.05, 0.1) is 19.3 Å². The maximum atomic E-state index is 12.7. The van der Waals surface area contributed by atoms with Gasteiger partial charge in [-0.3, -0.25) is 0 Å². The van der Waals surface area contributed by atoms with Gasteiger partial charge in [-0.1, -0.05) is 11.2 Å². The van der Waals surface area contributed by atoms with Crippen LogP contribution in [0.2, 0.25) is 0 Å². The van der Waals surface area contributed by atoms with E-state index in [4.69, 9.17) is 9.26 Å². The monoisotopic (exact) mass is 393 g/mol. The third-order valence-electron chi connectivity index (χ3n) is 3.90. The fourth-order valence-corrected chi connectivity index (χ4v) is 4.73. The first-order valence-corrected chi connectivity index (χ1v) is 10.2. The van der Waals surface area contributed by atoms with Gasteiger partial charge in [-0.15, -0.1) is 11.3 Å². The number of methoxy groups -OCH3 is 1. The SMILES string of the molecule is COc1cccc(NCc2sccc2S(=O)(=O)Nc2onc(C)c2C)c1. The molecule has 26 heavy (non-hydrogen) atoms. The van der Waals surface area contributed by atoms with E-state index in [1.54, 1.807) is 32.4 Å². The number of aromatic nitrogens is 1. The molecule has 0 aliphatic carbocycles. The van der Waals surface area contributed by atoms with E-state index >= 15 is 0 Å². The minimum absolute atomic E-state index is 0.139. The first-order valence-electron chi connectivity index (χ1n) is 7.80. The lowest BCUT2D eigenvalue weighted by Gasteiger charge is -2.10. The largest absolute Gasteiger partial charge is 0.497 e. The summed E-state index contributed by atoms with van der Waals surface area (Å²) in [6.45, 7) is 3.88. The van der Waals surface area contributed by atoms with E-state index in [0.717, 1.165) is 11.4 Å². The fourth-order valence-electron chi connectivity index (χ4n) is 2.30. The van der Waals surface area contributed by atoms with Crippen LogP contribution in [0.25, 0.3) is 0 Å². The summed E-state index contributed by atoms with van der Waals surface area (Å²) in [6.07, 6.45) is 0. The molecule has 0 saturated carbocycles. The number of rotatable bonds is 7. The molecule has 0 bridgehead atoms. The third-order valence-corrected chi connectivity index (χ3v) is 6.37. The smallest absolute Gasteiger partial charge is 0.265 e. The lowest BCUT2D eigenvalue weighted by atomic mass is 10.3. The quantitative estimate of drug-likeness (QED) is 0.635. The zero-order valence-corrected chi connectivity index (χ0v) is 16.2. The molecule has 3 rings (SSSR count). The number of anilines is 2. The molecule has 0 saturated heterocycles. The topological polar surface area (TPSA) is 93.5 Å². The van der Waals surface area contributed by atoms with Crippen LogP contribution >= 0.6 is 11.3 Å². The van der Waals surface area contributed by atoms with Gasteiger partial charge in [-0.2, -0.15) is 0 Å². The predicted molar refractivity (Wildman–Crippen MR) is 101 cm³/mol. The fraction of sp³-hybridized carbons (Fsp3) is 0.235. The molecule has 0 unspecified atom stereocenters. The number of aryl methyl sites for hydroxylation is 1. The average Bonchev–Trinajstić information content (AvgIpc) is 3.23. The highest BCUT2D eigenvalue weighted by Crippen LogP contribution is 2.27. The normalized spacial score (nSPS) is 11.3. The molecule has 2 aromatic heterocycles. The number of nitrogens with one attached hydrogen (secondary N) is 2. The van der Waals surface area contributed by atoms with E-state index in [1.807, 2.05) is 24.3 Å². The lowest BCUT2D eigenvalue weighted by molar-refractivity contribution is 0.415. The molecule has 9 heteroatoms. The number of benzene rings is 1. The molecule has 2 heterocycles. The van der Waals surface area contributed by atoms with Crippen LogP contribution in [0.1, 0.15) is 16.1 Å². The van der Waals surface area contributed by atoms with Gasteiger partial charge in [0.2, 0.25) is 5.88 Å². The molecule has 3 aromatic rings. The van der Waals surface area contributed by atoms with E-state index in [9.17, 15) is 8.42 Å². The van der Waals surface area contributed by atoms with Crippen LogP contribution in [0.4, 0.5) is 11.6 Å². The van der Waals surface area contributed by atoms with Crippen LogP contribution in [0.15, 0.2) is 45.1 Å². The summed E-state index contributed by atoms with van der Waals surface area (Å²) >= 11 is 1.37. The molecule has 0 amide bonds. The van der Waals surface area contributed by atoms with Gasteiger partial charge in [0.15, 0.2) is 0 Å². The molecule has 138 valence electrons. The van der Waals surface area contributed by atoms with Gasteiger partial charge < -0.3 is 14.6 Å². The number of hydrogen-bond acceptors (Lipinski definition) is 7. The van der Waals surface area contributed by atoms with Crippen molar-refractivity contribution in [2.75, 3.05) is 17.1 Å². The molecule has 0 atom stereocenters. The second-order valence-electron chi connectivity index (χ2n) is 5.62. The first-order chi connectivity index (χ1) is 12.4. The van der Waals surface area contributed by atoms with Crippen molar-refractivity contribution in [2.24, 2.45) is 0 Å². The van der Waals surface area contributed by atoms with Crippen molar-refractivity contribution in [1.82, 2.24) is 5.16 Å². The molecule has 1 aromatic carbocycles. The highest BCUT2D eigenvalue weighted by Gasteiger charge is 2.23. The second-order valence-corrected chi connectivity index (χ2v) is 8.27. The van der Waals surface area contributed by atoms with Crippen LogP contribution in [0.3, 0.4) is 0 Å². The van der Waals surface area contributed by atoms with Crippen LogP contribution in [0, 0.1) is 13.8 Å². The Morgan fingerprint density at radius 1 is 1.27 bits per heavy atom. The van der Waals surface area contributed by atoms with Crippen LogP contribution in [-0.4, -0.2) is 20.7 Å². The number of nitrogens with zero attached hydrogens (tertiary/aromatic N) is 1. The second kappa shape index (κ2) is 7.38. The van der Waals surface area contributed by atoms with E-state index < -0.39 is 10.0 Å². The highest BCUT2D eigenvalue weighted by atomic mass is 32.2. The zero-order chi connectivity index (χ0) is 18.7. The average molecular weight is 393 g/mol.